The molecule has 0 amide bonds. The van der Waals surface area contributed by atoms with Crippen LogP contribution in [0.5, 0.6) is 5.75 Å². The van der Waals surface area contributed by atoms with Gasteiger partial charge in [0.2, 0.25) is 0 Å². The van der Waals surface area contributed by atoms with Gasteiger partial charge >= 0.3 is 0 Å². The maximum atomic E-state index is 14.1. The first-order valence-corrected chi connectivity index (χ1v) is 8.80. The first kappa shape index (κ1) is 19.9. The molecule has 1 aromatic carbocycles. The Morgan fingerprint density at radius 3 is 2.52 bits per heavy atom. The van der Waals surface area contributed by atoms with E-state index in [2.05, 4.69) is 18.8 Å². The van der Waals surface area contributed by atoms with E-state index in [0.717, 1.165) is 10.6 Å². The van der Waals surface area contributed by atoms with E-state index in [0.29, 0.717) is 23.2 Å². The van der Waals surface area contributed by atoms with Gasteiger partial charge in [0.15, 0.2) is 16.0 Å². The Labute approximate surface area is 146 Å². The van der Waals surface area contributed by atoms with E-state index in [1.807, 2.05) is 13.8 Å². The van der Waals surface area contributed by atoms with E-state index in [1.165, 1.54) is 17.4 Å². The molecule has 0 radical (unpaired) electrons. The van der Waals surface area contributed by atoms with Crippen LogP contribution in [-0.2, 0) is 4.74 Å². The van der Waals surface area contributed by atoms with Crippen LogP contribution in [0.25, 0.3) is 11.3 Å². The Kier molecular flexibility index (Phi) is 8.52. The number of rotatable bonds is 6. The normalized spacial score (nSPS) is 10.4. The van der Waals surface area contributed by atoms with E-state index < -0.39 is 5.82 Å². The highest BCUT2D eigenvalue weighted by Crippen LogP contribution is 2.36. The molecule has 23 heavy (non-hydrogen) atoms. The van der Waals surface area contributed by atoms with Crippen LogP contribution < -0.4 is 4.74 Å². The zero-order valence-corrected chi connectivity index (χ0v) is 15.7. The van der Waals surface area contributed by atoms with Crippen LogP contribution in [0.2, 0.25) is 4.47 Å². The third-order valence-corrected chi connectivity index (χ3v) is 4.36. The highest BCUT2D eigenvalue weighted by atomic mass is 35.5. The maximum absolute atomic E-state index is 14.1. The molecule has 0 atom stereocenters. The van der Waals surface area contributed by atoms with Crippen molar-refractivity contribution in [2.75, 3.05) is 20.3 Å². The molecule has 0 saturated heterocycles. The van der Waals surface area contributed by atoms with E-state index in [9.17, 15) is 4.39 Å². The Bertz CT molecular complexity index is 617. The maximum Gasteiger partial charge on any atom is 0.184 e. The minimum Gasteiger partial charge on any atom is -0.488 e. The third kappa shape index (κ3) is 5.44. The Balaban J connectivity index is 0.00000127. The summed E-state index contributed by atoms with van der Waals surface area (Å²) in [4.78, 5) is 5.35. The van der Waals surface area contributed by atoms with Gasteiger partial charge in [0.05, 0.1) is 12.3 Å². The fraction of sp³-hybridized carbons (Fsp3) is 0.471. The quantitative estimate of drug-likeness (QED) is 0.613. The van der Waals surface area contributed by atoms with Gasteiger partial charge in [0.1, 0.15) is 6.61 Å². The van der Waals surface area contributed by atoms with Crippen molar-refractivity contribution in [3.05, 3.63) is 33.4 Å². The summed E-state index contributed by atoms with van der Waals surface area (Å²) in [5, 5.41) is 0. The smallest absolute Gasteiger partial charge is 0.184 e. The summed E-state index contributed by atoms with van der Waals surface area (Å²) in [7, 11) is 1.57. The van der Waals surface area contributed by atoms with Gasteiger partial charge in [0, 0.05) is 17.6 Å². The van der Waals surface area contributed by atoms with Gasteiger partial charge in [-0.05, 0) is 24.1 Å². The van der Waals surface area contributed by atoms with Crippen LogP contribution in [0.3, 0.4) is 0 Å². The van der Waals surface area contributed by atoms with Crippen molar-refractivity contribution >= 4 is 22.9 Å². The van der Waals surface area contributed by atoms with Crippen molar-refractivity contribution in [3.63, 3.8) is 0 Å². The van der Waals surface area contributed by atoms with Gasteiger partial charge in [-0.3, -0.25) is 0 Å². The fourth-order valence-corrected chi connectivity index (χ4v) is 3.05. The number of thiazole rings is 1. The molecule has 0 fully saturated rings. The second-order valence-electron chi connectivity index (χ2n) is 4.82. The summed E-state index contributed by atoms with van der Waals surface area (Å²) in [6.45, 7) is 8.85. The molecule has 3 nitrogen and oxygen atoms in total. The number of benzene rings is 1. The summed E-state index contributed by atoms with van der Waals surface area (Å²) in [5.41, 5.74) is 1.45. The van der Waals surface area contributed by atoms with Crippen LogP contribution in [0.1, 0.15) is 38.5 Å². The highest BCUT2D eigenvalue weighted by Gasteiger charge is 2.16. The molecule has 2 rings (SSSR count). The molecule has 0 N–H and O–H groups in total. The zero-order chi connectivity index (χ0) is 17.4. The van der Waals surface area contributed by atoms with Gasteiger partial charge in [-0.2, -0.15) is 0 Å². The average Bonchev–Trinajstić information content (AvgIpc) is 2.93. The largest absolute Gasteiger partial charge is 0.488 e. The molecule has 6 heteroatoms. The van der Waals surface area contributed by atoms with Crippen molar-refractivity contribution in [3.8, 4) is 17.0 Å². The molecule has 0 saturated carbocycles. The van der Waals surface area contributed by atoms with Crippen LogP contribution >= 0.6 is 22.9 Å². The number of ether oxygens (including phenoxy) is 2. The summed E-state index contributed by atoms with van der Waals surface area (Å²) in [5.74, 6) is 0.0799. The minimum atomic E-state index is -0.414. The number of nitrogens with zero attached hydrogens (tertiary/aromatic N) is 1. The van der Waals surface area contributed by atoms with Crippen molar-refractivity contribution in [1.29, 1.82) is 0 Å². The molecule has 0 unspecified atom stereocenters. The summed E-state index contributed by atoms with van der Waals surface area (Å²) < 4.78 is 24.7. The predicted molar refractivity (Wildman–Crippen MR) is 95.3 cm³/mol. The highest BCUT2D eigenvalue weighted by molar-refractivity contribution is 7.16. The Morgan fingerprint density at radius 1 is 1.26 bits per heavy atom. The lowest BCUT2D eigenvalue weighted by Crippen LogP contribution is -2.05. The van der Waals surface area contributed by atoms with Crippen LogP contribution in [0.4, 0.5) is 4.39 Å². The van der Waals surface area contributed by atoms with Crippen LogP contribution in [0.15, 0.2) is 18.2 Å². The SMILES string of the molecule is CC.COCCOc1ccc(-c2nc(Cl)sc2C(C)C)cc1F. The van der Waals surface area contributed by atoms with Crippen LogP contribution in [0, 0.1) is 5.82 Å². The number of hydrogen-bond acceptors (Lipinski definition) is 4. The number of methoxy groups -OCH3 is 1. The molecule has 0 aliphatic rings. The van der Waals surface area contributed by atoms with E-state index in [-0.39, 0.29) is 11.7 Å². The van der Waals surface area contributed by atoms with Crippen molar-refractivity contribution in [2.24, 2.45) is 0 Å². The summed E-state index contributed by atoms with van der Waals surface area (Å²) in [6.07, 6.45) is 0. The molecule has 0 bridgehead atoms. The lowest BCUT2D eigenvalue weighted by atomic mass is 10.1. The molecule has 128 valence electrons. The van der Waals surface area contributed by atoms with Gasteiger partial charge in [-0.15, -0.1) is 11.3 Å². The standard InChI is InChI=1S/C15H17ClFNO2S.C2H6/c1-9(2)14-13(18-15(16)21-14)10-4-5-12(11(17)8-10)20-7-6-19-3;1-2/h4-5,8-9H,6-7H2,1-3H3;1-2H3. The fourth-order valence-electron chi connectivity index (χ4n) is 1.90. The first-order chi connectivity index (χ1) is 11.0. The number of halogens is 2. The van der Waals surface area contributed by atoms with Crippen molar-refractivity contribution < 1.29 is 13.9 Å². The lowest BCUT2D eigenvalue weighted by molar-refractivity contribution is 0.144. The topological polar surface area (TPSA) is 31.4 Å². The minimum absolute atomic E-state index is 0.211. The van der Waals surface area contributed by atoms with Crippen LogP contribution in [-0.4, -0.2) is 25.3 Å². The summed E-state index contributed by atoms with van der Waals surface area (Å²) in [6, 6.07) is 4.83. The average molecular weight is 360 g/mol. The van der Waals surface area contributed by atoms with E-state index >= 15 is 0 Å². The molecular weight excluding hydrogens is 337 g/mol. The number of aromatic nitrogens is 1. The monoisotopic (exact) mass is 359 g/mol. The van der Waals surface area contributed by atoms with Gasteiger partial charge in [0.25, 0.3) is 0 Å². The Morgan fingerprint density at radius 2 is 1.96 bits per heavy atom. The lowest BCUT2D eigenvalue weighted by Gasteiger charge is -2.09. The van der Waals surface area contributed by atoms with E-state index in [4.69, 9.17) is 21.1 Å². The Hall–Kier alpha value is -1.17. The summed E-state index contributed by atoms with van der Waals surface area (Å²) >= 11 is 7.42. The molecule has 0 spiro atoms. The van der Waals surface area contributed by atoms with Crippen molar-refractivity contribution in [2.45, 2.75) is 33.6 Å². The molecule has 2 aromatic rings. The first-order valence-electron chi connectivity index (χ1n) is 7.60. The third-order valence-electron chi connectivity index (χ3n) is 2.90. The molecule has 0 aliphatic carbocycles. The molecule has 1 heterocycles. The van der Waals surface area contributed by atoms with Crippen molar-refractivity contribution in [1.82, 2.24) is 4.98 Å². The molecule has 0 aliphatic heterocycles. The number of hydrogen-bond donors (Lipinski definition) is 0. The molecule has 1 aromatic heterocycles. The molecular formula is C17H23ClFNO2S. The second-order valence-corrected chi connectivity index (χ2v) is 6.43. The zero-order valence-electron chi connectivity index (χ0n) is 14.2. The van der Waals surface area contributed by atoms with Gasteiger partial charge in [-0.25, -0.2) is 9.37 Å². The van der Waals surface area contributed by atoms with Gasteiger partial charge in [-0.1, -0.05) is 39.3 Å². The second kappa shape index (κ2) is 9.85. The van der Waals surface area contributed by atoms with Gasteiger partial charge < -0.3 is 9.47 Å². The van der Waals surface area contributed by atoms with E-state index in [1.54, 1.807) is 19.2 Å². The predicted octanol–water partition coefficient (Wildman–Crippen LogP) is 5.78.